The molecule has 4 nitrogen and oxygen atoms in total. The van der Waals surface area contributed by atoms with Crippen molar-refractivity contribution in [3.63, 3.8) is 0 Å². The Morgan fingerprint density at radius 2 is 2.46 bits per heavy atom. The van der Waals surface area contributed by atoms with Gasteiger partial charge in [-0.25, -0.2) is 4.79 Å². The van der Waals surface area contributed by atoms with E-state index in [9.17, 15) is 4.79 Å². The summed E-state index contributed by atoms with van der Waals surface area (Å²) in [6.07, 6.45) is 4.14. The first kappa shape index (κ1) is 10.1. The monoisotopic (exact) mass is 184 g/mol. The number of carbonyl (C=O) groups excluding carboxylic acids is 1. The molecule has 0 heterocycles. The van der Waals surface area contributed by atoms with Crippen LogP contribution < -0.4 is 11.1 Å². The van der Waals surface area contributed by atoms with Crippen LogP contribution in [0.5, 0.6) is 0 Å². The molecule has 1 aliphatic carbocycles. The number of alkyl carbamates (subject to hydrolysis) is 1. The third-order valence-electron chi connectivity index (χ3n) is 2.20. The van der Waals surface area contributed by atoms with Gasteiger partial charge in [0.05, 0.1) is 0 Å². The van der Waals surface area contributed by atoms with Crippen molar-refractivity contribution in [2.75, 3.05) is 6.61 Å². The van der Waals surface area contributed by atoms with Gasteiger partial charge in [0.1, 0.15) is 6.61 Å². The highest BCUT2D eigenvalue weighted by atomic mass is 16.5. The van der Waals surface area contributed by atoms with Crippen LogP contribution in [0, 0.1) is 0 Å². The summed E-state index contributed by atoms with van der Waals surface area (Å²) in [5.74, 6) is 0. The Morgan fingerprint density at radius 3 is 3.00 bits per heavy atom. The number of rotatable bonds is 3. The van der Waals surface area contributed by atoms with E-state index in [1.165, 1.54) is 6.08 Å². The largest absolute Gasteiger partial charge is 0.445 e. The molecule has 1 saturated carbocycles. The van der Waals surface area contributed by atoms with E-state index in [0.717, 1.165) is 19.3 Å². The van der Waals surface area contributed by atoms with Crippen molar-refractivity contribution in [3.8, 4) is 0 Å². The minimum Gasteiger partial charge on any atom is -0.445 e. The SMILES string of the molecule is C=CCOC(=O)N[C@H]1CCC[C@H]1N. The summed E-state index contributed by atoms with van der Waals surface area (Å²) in [5, 5.41) is 2.73. The molecule has 2 atom stereocenters. The molecule has 13 heavy (non-hydrogen) atoms. The van der Waals surface area contributed by atoms with E-state index in [4.69, 9.17) is 10.5 Å². The predicted octanol–water partition coefficient (Wildman–Crippen LogP) is 0.778. The second-order valence-corrected chi connectivity index (χ2v) is 3.23. The highest BCUT2D eigenvalue weighted by molar-refractivity contribution is 5.67. The fourth-order valence-electron chi connectivity index (χ4n) is 1.50. The molecule has 0 bridgehead atoms. The molecular formula is C9H16N2O2. The standard InChI is InChI=1S/C9H16N2O2/c1-2-6-13-9(12)11-8-5-3-4-7(8)10/h2,7-8H,1,3-6,10H2,(H,11,12)/t7-,8+/m1/s1. The molecule has 0 unspecified atom stereocenters. The van der Waals surface area contributed by atoms with E-state index >= 15 is 0 Å². The van der Waals surface area contributed by atoms with Gasteiger partial charge in [-0.05, 0) is 19.3 Å². The maximum absolute atomic E-state index is 11.1. The second kappa shape index (κ2) is 4.87. The van der Waals surface area contributed by atoms with Crippen LogP contribution in [0.2, 0.25) is 0 Å². The Kier molecular flexibility index (Phi) is 3.76. The molecule has 0 aromatic carbocycles. The normalized spacial score (nSPS) is 26.8. The van der Waals surface area contributed by atoms with Crippen molar-refractivity contribution in [3.05, 3.63) is 12.7 Å². The van der Waals surface area contributed by atoms with Crippen LogP contribution in [0.4, 0.5) is 4.79 Å². The molecule has 1 rings (SSSR count). The van der Waals surface area contributed by atoms with Gasteiger partial charge in [-0.1, -0.05) is 12.7 Å². The Labute approximate surface area is 78.1 Å². The highest BCUT2D eigenvalue weighted by Crippen LogP contribution is 2.16. The first-order valence-electron chi connectivity index (χ1n) is 4.54. The van der Waals surface area contributed by atoms with Crippen LogP contribution in [-0.4, -0.2) is 24.8 Å². The van der Waals surface area contributed by atoms with Crippen LogP contribution in [0.1, 0.15) is 19.3 Å². The van der Waals surface area contributed by atoms with E-state index in [1.807, 2.05) is 0 Å². The molecule has 0 spiro atoms. The Hall–Kier alpha value is -1.03. The van der Waals surface area contributed by atoms with E-state index in [2.05, 4.69) is 11.9 Å². The van der Waals surface area contributed by atoms with Crippen LogP contribution >= 0.6 is 0 Å². The van der Waals surface area contributed by atoms with Gasteiger partial charge in [-0.3, -0.25) is 0 Å². The van der Waals surface area contributed by atoms with Gasteiger partial charge in [0.15, 0.2) is 0 Å². The van der Waals surface area contributed by atoms with Crippen molar-refractivity contribution in [2.45, 2.75) is 31.3 Å². The highest BCUT2D eigenvalue weighted by Gasteiger charge is 2.25. The summed E-state index contributed by atoms with van der Waals surface area (Å²) in [4.78, 5) is 11.1. The number of carbonyl (C=O) groups is 1. The number of hydrogen-bond acceptors (Lipinski definition) is 3. The molecule has 0 saturated heterocycles. The van der Waals surface area contributed by atoms with Gasteiger partial charge in [-0.15, -0.1) is 0 Å². The number of nitrogens with two attached hydrogens (primary N) is 1. The fourth-order valence-corrected chi connectivity index (χ4v) is 1.50. The van der Waals surface area contributed by atoms with E-state index in [1.54, 1.807) is 0 Å². The summed E-state index contributed by atoms with van der Waals surface area (Å²) < 4.78 is 4.78. The van der Waals surface area contributed by atoms with Gasteiger partial charge < -0.3 is 15.8 Å². The molecule has 3 N–H and O–H groups in total. The molecular weight excluding hydrogens is 168 g/mol. The van der Waals surface area contributed by atoms with E-state index in [0.29, 0.717) is 0 Å². The Morgan fingerprint density at radius 1 is 1.69 bits per heavy atom. The lowest BCUT2D eigenvalue weighted by atomic mass is 10.2. The lowest BCUT2D eigenvalue weighted by Crippen LogP contribution is -2.44. The lowest BCUT2D eigenvalue weighted by Gasteiger charge is -2.16. The van der Waals surface area contributed by atoms with Gasteiger partial charge >= 0.3 is 6.09 Å². The zero-order valence-corrected chi connectivity index (χ0v) is 7.66. The van der Waals surface area contributed by atoms with Crippen molar-refractivity contribution < 1.29 is 9.53 Å². The molecule has 0 aliphatic heterocycles. The molecule has 74 valence electrons. The summed E-state index contributed by atoms with van der Waals surface area (Å²) in [6, 6.07) is 0.161. The minimum absolute atomic E-state index is 0.0799. The smallest absolute Gasteiger partial charge is 0.407 e. The van der Waals surface area contributed by atoms with E-state index in [-0.39, 0.29) is 18.7 Å². The van der Waals surface area contributed by atoms with Crippen molar-refractivity contribution >= 4 is 6.09 Å². The molecule has 1 fully saturated rings. The summed E-state index contributed by atoms with van der Waals surface area (Å²) in [7, 11) is 0. The average Bonchev–Trinajstić information content (AvgIpc) is 2.48. The Bertz CT molecular complexity index is 194. The van der Waals surface area contributed by atoms with Crippen LogP contribution in [0.3, 0.4) is 0 Å². The van der Waals surface area contributed by atoms with Gasteiger partial charge in [0, 0.05) is 12.1 Å². The molecule has 0 radical (unpaired) electrons. The zero-order chi connectivity index (χ0) is 9.68. The quantitative estimate of drug-likeness (QED) is 0.637. The van der Waals surface area contributed by atoms with Crippen LogP contribution in [-0.2, 0) is 4.74 Å². The molecule has 4 heteroatoms. The first-order valence-corrected chi connectivity index (χ1v) is 4.54. The topological polar surface area (TPSA) is 64.3 Å². The number of nitrogens with one attached hydrogen (secondary N) is 1. The average molecular weight is 184 g/mol. The summed E-state index contributed by atoms with van der Waals surface area (Å²) in [6.45, 7) is 3.69. The number of amides is 1. The minimum atomic E-state index is -0.401. The van der Waals surface area contributed by atoms with Crippen molar-refractivity contribution in [2.24, 2.45) is 5.73 Å². The van der Waals surface area contributed by atoms with Gasteiger partial charge in [-0.2, -0.15) is 0 Å². The van der Waals surface area contributed by atoms with Crippen molar-refractivity contribution in [1.29, 1.82) is 0 Å². The second-order valence-electron chi connectivity index (χ2n) is 3.23. The third kappa shape index (κ3) is 3.06. The predicted molar refractivity (Wildman–Crippen MR) is 50.3 cm³/mol. The number of hydrogen-bond donors (Lipinski definition) is 2. The van der Waals surface area contributed by atoms with Crippen LogP contribution in [0.15, 0.2) is 12.7 Å². The molecule has 1 amide bonds. The lowest BCUT2D eigenvalue weighted by molar-refractivity contribution is 0.153. The fraction of sp³-hybridized carbons (Fsp3) is 0.667. The molecule has 0 aromatic heterocycles. The van der Waals surface area contributed by atoms with Gasteiger partial charge in [0.2, 0.25) is 0 Å². The maximum atomic E-state index is 11.1. The molecule has 1 aliphatic rings. The maximum Gasteiger partial charge on any atom is 0.407 e. The summed E-state index contributed by atoms with van der Waals surface area (Å²) >= 11 is 0. The summed E-state index contributed by atoms with van der Waals surface area (Å²) in [5.41, 5.74) is 5.77. The number of ether oxygens (including phenoxy) is 1. The molecule has 0 aromatic rings. The van der Waals surface area contributed by atoms with Gasteiger partial charge in [0.25, 0.3) is 0 Å². The van der Waals surface area contributed by atoms with Crippen LogP contribution in [0.25, 0.3) is 0 Å². The zero-order valence-electron chi connectivity index (χ0n) is 7.66. The van der Waals surface area contributed by atoms with Crippen molar-refractivity contribution in [1.82, 2.24) is 5.32 Å². The first-order chi connectivity index (χ1) is 6.24. The Balaban J connectivity index is 2.22. The third-order valence-corrected chi connectivity index (χ3v) is 2.20. The van der Waals surface area contributed by atoms with E-state index < -0.39 is 6.09 Å².